The Kier molecular flexibility index (Phi) is 2.90. The first-order chi connectivity index (χ1) is 11.1. The second kappa shape index (κ2) is 4.84. The normalized spacial score (nSPS) is 13.6. The van der Waals surface area contributed by atoms with Crippen LogP contribution >= 0.6 is 0 Å². The molecule has 0 fully saturated rings. The number of carbonyl (C=O) groups is 1. The maximum Gasteiger partial charge on any atom is 0.270 e. The number of hydrogen-bond donors (Lipinski definition) is 1. The summed E-state index contributed by atoms with van der Waals surface area (Å²) in [7, 11) is 3.38. The number of methoxy groups -OCH3 is 1. The van der Waals surface area contributed by atoms with E-state index in [4.69, 9.17) is 4.74 Å². The van der Waals surface area contributed by atoms with Crippen molar-refractivity contribution in [3.8, 4) is 5.75 Å². The van der Waals surface area contributed by atoms with Crippen LogP contribution in [0.2, 0.25) is 0 Å². The first-order valence-electron chi connectivity index (χ1n) is 7.22. The third-order valence-corrected chi connectivity index (χ3v) is 4.29. The number of halogens is 1. The lowest BCUT2D eigenvalue weighted by atomic mass is 10.2. The maximum atomic E-state index is 14.0. The van der Waals surface area contributed by atoms with Crippen molar-refractivity contribution in [1.82, 2.24) is 19.7 Å². The highest BCUT2D eigenvalue weighted by molar-refractivity contribution is 6.00. The number of ether oxygens (including phenoxy) is 1. The van der Waals surface area contributed by atoms with Gasteiger partial charge in [0.15, 0.2) is 0 Å². The predicted octanol–water partition coefficient (Wildman–Crippen LogP) is 2.21. The summed E-state index contributed by atoms with van der Waals surface area (Å²) in [5.41, 5.74) is 2.70. The average Bonchev–Trinajstić information content (AvgIpc) is 3.23. The molecule has 4 rings (SSSR count). The minimum Gasteiger partial charge on any atom is -0.496 e. The molecule has 1 aromatic carbocycles. The third kappa shape index (κ3) is 2.00. The van der Waals surface area contributed by atoms with Crippen molar-refractivity contribution < 1.29 is 13.9 Å². The van der Waals surface area contributed by atoms with Crippen LogP contribution < -0.4 is 4.74 Å². The van der Waals surface area contributed by atoms with Gasteiger partial charge in [-0.1, -0.05) is 0 Å². The minimum atomic E-state index is -0.409. The molecule has 0 saturated carbocycles. The average molecular weight is 314 g/mol. The molecule has 6 nitrogen and oxygen atoms in total. The Bertz CT molecular complexity index is 928. The number of H-pyrrole nitrogens is 1. The largest absolute Gasteiger partial charge is 0.496 e. The van der Waals surface area contributed by atoms with Gasteiger partial charge in [-0.3, -0.25) is 9.48 Å². The summed E-state index contributed by atoms with van der Waals surface area (Å²) in [6.45, 7) is 1.01. The number of nitrogens with zero attached hydrogens (tertiary/aromatic N) is 3. The van der Waals surface area contributed by atoms with Crippen LogP contribution in [-0.4, -0.2) is 32.7 Å². The molecule has 1 N–H and O–H groups in total. The second-order valence-corrected chi connectivity index (χ2v) is 5.62. The number of nitrogens with one attached hydrogen (secondary N) is 1. The lowest BCUT2D eigenvalue weighted by Crippen LogP contribution is -2.26. The number of amides is 1. The third-order valence-electron chi connectivity index (χ3n) is 4.29. The van der Waals surface area contributed by atoms with Crippen LogP contribution in [-0.2, 0) is 20.1 Å². The van der Waals surface area contributed by atoms with Gasteiger partial charge in [-0.15, -0.1) is 0 Å². The lowest BCUT2D eigenvalue weighted by Gasteiger charge is -2.14. The van der Waals surface area contributed by atoms with Crippen LogP contribution in [0.15, 0.2) is 24.4 Å². The Morgan fingerprint density at radius 2 is 2.22 bits per heavy atom. The van der Waals surface area contributed by atoms with Gasteiger partial charge >= 0.3 is 0 Å². The fourth-order valence-corrected chi connectivity index (χ4v) is 3.05. The number of aromatic nitrogens is 3. The second-order valence-electron chi connectivity index (χ2n) is 5.62. The first-order valence-corrected chi connectivity index (χ1v) is 7.22. The van der Waals surface area contributed by atoms with E-state index in [0.29, 0.717) is 29.9 Å². The number of rotatable bonds is 2. The zero-order chi connectivity index (χ0) is 16.1. The molecule has 0 bridgehead atoms. The van der Waals surface area contributed by atoms with Crippen LogP contribution in [0.3, 0.4) is 0 Å². The lowest BCUT2D eigenvalue weighted by molar-refractivity contribution is 0.0743. The number of hydrogen-bond acceptors (Lipinski definition) is 3. The minimum absolute atomic E-state index is 0.168. The van der Waals surface area contributed by atoms with Gasteiger partial charge < -0.3 is 14.6 Å². The molecule has 0 spiro atoms. The Morgan fingerprint density at radius 1 is 1.39 bits per heavy atom. The van der Waals surface area contributed by atoms with Crippen molar-refractivity contribution >= 4 is 16.8 Å². The number of aromatic amines is 1. The molecule has 0 aliphatic carbocycles. The molecule has 3 heterocycles. The molecule has 2 aromatic heterocycles. The van der Waals surface area contributed by atoms with Gasteiger partial charge in [0.05, 0.1) is 31.1 Å². The molecule has 1 aliphatic heterocycles. The van der Waals surface area contributed by atoms with Crippen molar-refractivity contribution in [1.29, 1.82) is 0 Å². The highest BCUT2D eigenvalue weighted by atomic mass is 19.1. The van der Waals surface area contributed by atoms with E-state index in [1.165, 1.54) is 13.2 Å². The van der Waals surface area contributed by atoms with Crippen LogP contribution in [0, 0.1) is 5.82 Å². The zero-order valence-electron chi connectivity index (χ0n) is 12.8. The summed E-state index contributed by atoms with van der Waals surface area (Å²) < 4.78 is 21.0. The van der Waals surface area contributed by atoms with Crippen molar-refractivity contribution in [3.63, 3.8) is 0 Å². The fourth-order valence-electron chi connectivity index (χ4n) is 3.05. The van der Waals surface area contributed by atoms with E-state index in [2.05, 4.69) is 10.1 Å². The van der Waals surface area contributed by atoms with E-state index < -0.39 is 5.82 Å². The van der Waals surface area contributed by atoms with E-state index >= 15 is 0 Å². The van der Waals surface area contributed by atoms with Crippen LogP contribution in [0.25, 0.3) is 10.9 Å². The Hall–Kier alpha value is -2.83. The van der Waals surface area contributed by atoms with Crippen LogP contribution in [0.5, 0.6) is 5.75 Å². The molecule has 23 heavy (non-hydrogen) atoms. The molecule has 7 heteroatoms. The Labute approximate surface area is 131 Å². The van der Waals surface area contributed by atoms with Gasteiger partial charge in [-0.25, -0.2) is 4.39 Å². The van der Waals surface area contributed by atoms with Crippen molar-refractivity contribution in [3.05, 3.63) is 47.2 Å². The first kappa shape index (κ1) is 13.8. The Morgan fingerprint density at radius 3 is 2.96 bits per heavy atom. The molecule has 0 unspecified atom stereocenters. The highest BCUT2D eigenvalue weighted by Gasteiger charge is 2.28. The van der Waals surface area contributed by atoms with E-state index in [0.717, 1.165) is 11.3 Å². The molecule has 0 radical (unpaired) electrons. The van der Waals surface area contributed by atoms with E-state index in [1.54, 1.807) is 27.9 Å². The van der Waals surface area contributed by atoms with E-state index in [1.807, 2.05) is 7.05 Å². The molecule has 118 valence electrons. The van der Waals surface area contributed by atoms with Crippen molar-refractivity contribution in [2.45, 2.75) is 13.1 Å². The number of fused-ring (bicyclic) bond motifs is 2. The quantitative estimate of drug-likeness (QED) is 0.789. The smallest absolute Gasteiger partial charge is 0.270 e. The van der Waals surface area contributed by atoms with Gasteiger partial charge in [0.1, 0.15) is 17.3 Å². The highest BCUT2D eigenvalue weighted by Crippen LogP contribution is 2.30. The van der Waals surface area contributed by atoms with Crippen molar-refractivity contribution in [2.24, 2.45) is 7.05 Å². The molecular weight excluding hydrogens is 299 g/mol. The number of aryl methyl sites for hydroxylation is 1. The SMILES string of the molecule is COc1ccc(F)c2[nH]c(C(=O)N3Cc4cnn(C)c4C3)cc12. The monoisotopic (exact) mass is 314 g/mol. The summed E-state index contributed by atoms with van der Waals surface area (Å²) in [4.78, 5) is 17.3. The van der Waals surface area contributed by atoms with Gasteiger partial charge in [0.25, 0.3) is 5.91 Å². The van der Waals surface area contributed by atoms with Gasteiger partial charge in [0, 0.05) is 24.5 Å². The van der Waals surface area contributed by atoms with Crippen LogP contribution in [0.1, 0.15) is 21.7 Å². The summed E-state index contributed by atoms with van der Waals surface area (Å²) in [6, 6.07) is 4.52. The fraction of sp³-hybridized carbons (Fsp3) is 0.250. The Balaban J connectivity index is 1.70. The van der Waals surface area contributed by atoms with Gasteiger partial charge in [-0.05, 0) is 18.2 Å². The molecule has 0 atom stereocenters. The number of benzene rings is 1. The van der Waals surface area contributed by atoms with Gasteiger partial charge in [-0.2, -0.15) is 5.10 Å². The standard InChI is InChI=1S/C16H15FN4O2/c1-20-13-8-21(7-9(13)6-18-20)16(22)12-5-10-14(23-2)4-3-11(17)15(10)19-12/h3-6,19H,7-8H2,1-2H3. The predicted molar refractivity (Wildman–Crippen MR) is 81.6 cm³/mol. The topological polar surface area (TPSA) is 63.2 Å². The van der Waals surface area contributed by atoms with Gasteiger partial charge in [0.2, 0.25) is 0 Å². The van der Waals surface area contributed by atoms with Crippen LogP contribution in [0.4, 0.5) is 4.39 Å². The summed E-state index contributed by atoms with van der Waals surface area (Å²) in [5, 5.41) is 4.74. The number of carbonyl (C=O) groups excluding carboxylic acids is 1. The molecule has 3 aromatic rings. The molecule has 0 saturated heterocycles. The zero-order valence-corrected chi connectivity index (χ0v) is 12.8. The van der Waals surface area contributed by atoms with E-state index in [-0.39, 0.29) is 11.4 Å². The van der Waals surface area contributed by atoms with E-state index in [9.17, 15) is 9.18 Å². The maximum absolute atomic E-state index is 14.0. The molecule has 1 aliphatic rings. The summed E-state index contributed by atoms with van der Waals surface area (Å²) in [5.74, 6) is -0.0433. The van der Waals surface area contributed by atoms with Crippen molar-refractivity contribution in [2.75, 3.05) is 7.11 Å². The summed E-state index contributed by atoms with van der Waals surface area (Å²) >= 11 is 0. The molecular formula is C16H15FN4O2. The summed E-state index contributed by atoms with van der Waals surface area (Å²) in [6.07, 6.45) is 1.77. The molecule has 1 amide bonds.